The van der Waals surface area contributed by atoms with Crippen molar-refractivity contribution in [3.05, 3.63) is 0 Å². The van der Waals surface area contributed by atoms with E-state index in [0.717, 1.165) is 6.42 Å². The highest BCUT2D eigenvalue weighted by atomic mass is 16.4. The third-order valence-electron chi connectivity index (χ3n) is 2.57. The molecule has 2 unspecified atom stereocenters. The molecule has 0 radical (unpaired) electrons. The lowest BCUT2D eigenvalue weighted by atomic mass is 9.80. The molecule has 6 heteroatoms. The van der Waals surface area contributed by atoms with Crippen LogP contribution in [0.25, 0.3) is 0 Å². The predicted octanol–water partition coefficient (Wildman–Crippen LogP) is 0.561. The summed E-state index contributed by atoms with van der Waals surface area (Å²) in [5, 5.41) is 26.1. The first-order valence-electron chi connectivity index (χ1n) is 5.65. The summed E-state index contributed by atoms with van der Waals surface area (Å²) >= 11 is 0. The summed E-state index contributed by atoms with van der Waals surface area (Å²) in [5.74, 6) is -0.980. The Balaban J connectivity index is 0. The largest absolute Gasteiger partial charge is 0.481 e. The van der Waals surface area contributed by atoms with Crippen molar-refractivity contribution < 1.29 is 19.9 Å². The molecule has 0 rings (SSSR count). The van der Waals surface area contributed by atoms with Crippen molar-refractivity contribution >= 4 is 13.1 Å². The maximum atomic E-state index is 10.8. The van der Waals surface area contributed by atoms with Crippen molar-refractivity contribution in [2.24, 2.45) is 17.6 Å². The molecule has 0 aromatic carbocycles. The molecule has 96 valence electrons. The summed E-state index contributed by atoms with van der Waals surface area (Å²) in [6, 6.07) is 0. The molecule has 0 aliphatic rings. The molecule has 0 aromatic rings. The van der Waals surface area contributed by atoms with E-state index in [9.17, 15) is 4.79 Å². The molecule has 0 spiro atoms. The Bertz CT molecular complexity index is 178. The lowest BCUT2D eigenvalue weighted by molar-refractivity contribution is -0.143. The Morgan fingerprint density at radius 1 is 1.38 bits per heavy atom. The van der Waals surface area contributed by atoms with Gasteiger partial charge < -0.3 is 20.9 Å². The normalized spacial score (nSPS) is 13.4. The molecule has 0 saturated heterocycles. The zero-order chi connectivity index (χ0) is 13.1. The van der Waals surface area contributed by atoms with E-state index in [1.54, 1.807) is 0 Å². The van der Waals surface area contributed by atoms with Gasteiger partial charge in [-0.15, -0.1) is 0 Å². The van der Waals surface area contributed by atoms with Crippen molar-refractivity contribution in [1.29, 1.82) is 0 Å². The van der Waals surface area contributed by atoms with Crippen LogP contribution in [0.4, 0.5) is 0 Å². The van der Waals surface area contributed by atoms with Crippen molar-refractivity contribution in [2.45, 2.75) is 39.4 Å². The molecule has 5 N–H and O–H groups in total. The highest BCUT2D eigenvalue weighted by molar-refractivity contribution is 6.40. The zero-order valence-corrected chi connectivity index (χ0v) is 10.4. The summed E-state index contributed by atoms with van der Waals surface area (Å²) in [5.41, 5.74) is 4.50. The van der Waals surface area contributed by atoms with Gasteiger partial charge in [0.05, 0.1) is 5.92 Å². The Morgan fingerprint density at radius 2 is 1.88 bits per heavy atom. The number of aliphatic carboxylic acids is 1. The molecular formula is C10H24BNO4. The van der Waals surface area contributed by atoms with Crippen LogP contribution in [0.5, 0.6) is 0 Å². The van der Waals surface area contributed by atoms with Crippen LogP contribution in [0, 0.1) is 11.8 Å². The molecule has 2 atom stereocenters. The van der Waals surface area contributed by atoms with Crippen LogP contribution in [-0.4, -0.2) is 35.3 Å². The molecule has 0 bridgehead atoms. The van der Waals surface area contributed by atoms with E-state index in [0.29, 0.717) is 19.2 Å². The van der Waals surface area contributed by atoms with Gasteiger partial charge in [-0.2, -0.15) is 0 Å². The van der Waals surface area contributed by atoms with E-state index in [1.807, 2.05) is 13.8 Å². The van der Waals surface area contributed by atoms with E-state index in [1.165, 1.54) is 7.05 Å². The van der Waals surface area contributed by atoms with Crippen LogP contribution in [0.15, 0.2) is 0 Å². The number of rotatable bonds is 7. The van der Waals surface area contributed by atoms with E-state index in [2.05, 4.69) is 5.73 Å². The van der Waals surface area contributed by atoms with Gasteiger partial charge in [0.1, 0.15) is 0 Å². The molecule has 0 saturated carbocycles. The SMILES string of the molecule is CCC(C(=O)O)C(C)CCCB(O)O.CN. The number of nitrogens with two attached hydrogens (primary N) is 1. The molecule has 0 aliphatic heterocycles. The molecular weight excluding hydrogens is 209 g/mol. The molecule has 5 nitrogen and oxygen atoms in total. The fraction of sp³-hybridized carbons (Fsp3) is 0.900. The minimum absolute atomic E-state index is 0.0937. The van der Waals surface area contributed by atoms with Gasteiger partial charge in [-0.25, -0.2) is 0 Å². The third-order valence-corrected chi connectivity index (χ3v) is 2.57. The predicted molar refractivity (Wildman–Crippen MR) is 64.9 cm³/mol. The fourth-order valence-electron chi connectivity index (χ4n) is 1.64. The van der Waals surface area contributed by atoms with Crippen LogP contribution in [0.2, 0.25) is 6.32 Å². The Hall–Kier alpha value is -0.585. The zero-order valence-electron chi connectivity index (χ0n) is 10.4. The molecule has 16 heavy (non-hydrogen) atoms. The van der Waals surface area contributed by atoms with E-state index < -0.39 is 13.1 Å². The minimum atomic E-state index is -1.27. The average molecular weight is 233 g/mol. The Kier molecular flexibility index (Phi) is 12.1. The number of carboxylic acid groups (broad SMARTS) is 1. The minimum Gasteiger partial charge on any atom is -0.481 e. The topological polar surface area (TPSA) is 104 Å². The van der Waals surface area contributed by atoms with Gasteiger partial charge in [-0.3, -0.25) is 4.79 Å². The molecule has 0 amide bonds. The van der Waals surface area contributed by atoms with E-state index in [4.69, 9.17) is 15.2 Å². The van der Waals surface area contributed by atoms with Gasteiger partial charge in [0, 0.05) is 0 Å². The number of carbonyl (C=O) groups is 1. The Labute approximate surface area is 97.8 Å². The first-order chi connectivity index (χ1) is 7.49. The van der Waals surface area contributed by atoms with Crippen molar-refractivity contribution in [2.75, 3.05) is 7.05 Å². The summed E-state index contributed by atoms with van der Waals surface area (Å²) in [6.07, 6.45) is 2.32. The van der Waals surface area contributed by atoms with Crippen molar-refractivity contribution in [3.63, 3.8) is 0 Å². The second-order valence-corrected chi connectivity index (χ2v) is 3.74. The van der Waals surface area contributed by atoms with E-state index in [-0.39, 0.29) is 11.8 Å². The maximum Gasteiger partial charge on any atom is 0.451 e. The first-order valence-corrected chi connectivity index (χ1v) is 5.65. The molecule has 0 aliphatic carbocycles. The average Bonchev–Trinajstić information content (AvgIpc) is 2.20. The smallest absolute Gasteiger partial charge is 0.451 e. The lowest BCUT2D eigenvalue weighted by Gasteiger charge is -2.18. The van der Waals surface area contributed by atoms with Crippen LogP contribution in [0.1, 0.15) is 33.1 Å². The highest BCUT2D eigenvalue weighted by Crippen LogP contribution is 2.21. The highest BCUT2D eigenvalue weighted by Gasteiger charge is 2.22. The van der Waals surface area contributed by atoms with Gasteiger partial charge in [-0.1, -0.05) is 26.7 Å². The summed E-state index contributed by atoms with van der Waals surface area (Å²) in [7, 11) is 0.229. The Morgan fingerprint density at radius 3 is 2.19 bits per heavy atom. The van der Waals surface area contributed by atoms with E-state index >= 15 is 0 Å². The fourth-order valence-corrected chi connectivity index (χ4v) is 1.64. The molecule has 0 heterocycles. The summed E-state index contributed by atoms with van der Waals surface area (Å²) < 4.78 is 0. The van der Waals surface area contributed by atoms with Crippen molar-refractivity contribution in [1.82, 2.24) is 0 Å². The van der Waals surface area contributed by atoms with Gasteiger partial charge >= 0.3 is 13.1 Å². The maximum absolute atomic E-state index is 10.8. The lowest BCUT2D eigenvalue weighted by Crippen LogP contribution is -2.21. The van der Waals surface area contributed by atoms with Gasteiger partial charge in [0.25, 0.3) is 0 Å². The number of hydrogen-bond donors (Lipinski definition) is 4. The van der Waals surface area contributed by atoms with Gasteiger partial charge in [-0.05, 0) is 25.7 Å². The van der Waals surface area contributed by atoms with Crippen LogP contribution in [0.3, 0.4) is 0 Å². The second kappa shape index (κ2) is 10.9. The molecule has 0 aromatic heterocycles. The van der Waals surface area contributed by atoms with Crippen molar-refractivity contribution in [3.8, 4) is 0 Å². The van der Waals surface area contributed by atoms with Crippen LogP contribution < -0.4 is 5.73 Å². The molecule has 0 fully saturated rings. The van der Waals surface area contributed by atoms with Crippen LogP contribution in [-0.2, 0) is 4.79 Å². The third kappa shape index (κ3) is 8.70. The number of carboxylic acids is 1. The summed E-state index contributed by atoms with van der Waals surface area (Å²) in [6.45, 7) is 3.75. The summed E-state index contributed by atoms with van der Waals surface area (Å²) in [4.78, 5) is 10.8. The van der Waals surface area contributed by atoms with Gasteiger partial charge in [0.2, 0.25) is 0 Å². The van der Waals surface area contributed by atoms with Gasteiger partial charge in [0.15, 0.2) is 0 Å². The first kappa shape index (κ1) is 17.8. The van der Waals surface area contributed by atoms with Crippen LogP contribution >= 0.6 is 0 Å². The number of hydrogen-bond acceptors (Lipinski definition) is 4. The monoisotopic (exact) mass is 233 g/mol. The standard InChI is InChI=1S/C9H19BO4.CH5N/c1-3-8(9(11)12)7(2)5-4-6-10(13)14;1-2/h7-8,13-14H,3-6H2,1-2H3,(H,11,12);2H2,1H3. The quantitative estimate of drug-likeness (QED) is 0.481. The second-order valence-electron chi connectivity index (χ2n) is 3.74.